The van der Waals surface area contributed by atoms with Crippen molar-refractivity contribution in [1.82, 2.24) is 0 Å². The van der Waals surface area contributed by atoms with Crippen molar-refractivity contribution in [2.75, 3.05) is 0 Å². The summed E-state index contributed by atoms with van der Waals surface area (Å²) in [6.07, 6.45) is 0. The zero-order chi connectivity index (χ0) is 11.3. The lowest BCUT2D eigenvalue weighted by atomic mass is 10.1. The number of rotatable bonds is 2. The van der Waals surface area contributed by atoms with Crippen LogP contribution in [-0.2, 0) is 6.54 Å². The van der Waals surface area contributed by atoms with Gasteiger partial charge < -0.3 is 17.2 Å². The largest absolute Gasteiger partial charge is 0.370 e. The fraction of sp³-hybridized carbons (Fsp3) is 0.200. The van der Waals surface area contributed by atoms with Gasteiger partial charge in [-0.3, -0.25) is 0 Å². The molecule has 0 heterocycles. The predicted octanol–water partition coefficient (Wildman–Crippen LogP) is 0.505. The molecule has 0 unspecified atom stereocenters. The zero-order valence-corrected chi connectivity index (χ0v) is 9.87. The van der Waals surface area contributed by atoms with E-state index in [0.717, 1.165) is 5.56 Å². The Labute approximate surface area is 101 Å². The fourth-order valence-corrected chi connectivity index (χ4v) is 1.03. The van der Waals surface area contributed by atoms with Gasteiger partial charge in [0.25, 0.3) is 0 Å². The van der Waals surface area contributed by atoms with Crippen LogP contribution in [0, 0.1) is 6.92 Å². The maximum absolute atomic E-state index is 5.45. The first-order chi connectivity index (χ1) is 7.08. The predicted molar refractivity (Wildman–Crippen MR) is 69.6 cm³/mol. The lowest BCUT2D eigenvalue weighted by molar-refractivity contribution is 1.05. The van der Waals surface area contributed by atoms with E-state index in [1.807, 2.05) is 31.2 Å². The molecule has 0 saturated carbocycles. The van der Waals surface area contributed by atoms with Crippen LogP contribution >= 0.6 is 12.4 Å². The molecule has 0 aromatic heterocycles. The molecule has 0 aliphatic heterocycles. The van der Waals surface area contributed by atoms with Gasteiger partial charge in [-0.2, -0.15) is 4.99 Å². The number of aliphatic imine (C=N–C) groups is 2. The molecule has 1 aromatic carbocycles. The van der Waals surface area contributed by atoms with Crippen molar-refractivity contribution in [3.8, 4) is 0 Å². The second-order valence-electron chi connectivity index (χ2n) is 3.20. The standard InChI is InChI=1S/C10H15N5.ClH/c1-7-2-4-8(5-3-7)6-14-10(13)15-9(11)12;/h2-5H,6H2,1H3,(H6,11,12,13,14,15);1H. The Bertz CT molecular complexity index is 379. The van der Waals surface area contributed by atoms with Crippen LogP contribution in [0.2, 0.25) is 0 Å². The normalized spacial score (nSPS) is 10.4. The lowest BCUT2D eigenvalue weighted by Gasteiger charge is -1.98. The van der Waals surface area contributed by atoms with E-state index in [1.165, 1.54) is 5.56 Å². The van der Waals surface area contributed by atoms with Gasteiger partial charge in [-0.15, -0.1) is 12.4 Å². The van der Waals surface area contributed by atoms with E-state index in [4.69, 9.17) is 17.2 Å². The summed E-state index contributed by atoms with van der Waals surface area (Å²) in [6.45, 7) is 2.50. The fourth-order valence-electron chi connectivity index (χ4n) is 1.03. The van der Waals surface area contributed by atoms with Crippen molar-refractivity contribution in [2.24, 2.45) is 27.2 Å². The van der Waals surface area contributed by atoms with Crippen molar-refractivity contribution in [3.63, 3.8) is 0 Å². The van der Waals surface area contributed by atoms with E-state index in [9.17, 15) is 0 Å². The molecule has 0 bridgehead atoms. The molecule has 6 heteroatoms. The van der Waals surface area contributed by atoms with Crippen molar-refractivity contribution in [1.29, 1.82) is 0 Å². The van der Waals surface area contributed by atoms with Crippen LogP contribution in [0.5, 0.6) is 0 Å². The molecular formula is C10H16ClN5. The summed E-state index contributed by atoms with van der Waals surface area (Å²) >= 11 is 0. The number of guanidine groups is 2. The average molecular weight is 242 g/mol. The van der Waals surface area contributed by atoms with E-state index < -0.39 is 0 Å². The molecule has 0 atom stereocenters. The number of aryl methyl sites for hydroxylation is 1. The maximum atomic E-state index is 5.45. The minimum absolute atomic E-state index is 0. The summed E-state index contributed by atoms with van der Waals surface area (Å²) in [4.78, 5) is 7.62. The minimum Gasteiger partial charge on any atom is -0.370 e. The SMILES string of the molecule is Cc1ccc(CN=C(N)N=C(N)N)cc1.Cl. The van der Waals surface area contributed by atoms with Gasteiger partial charge in [0.05, 0.1) is 6.54 Å². The van der Waals surface area contributed by atoms with Gasteiger partial charge in [0.1, 0.15) is 0 Å². The van der Waals surface area contributed by atoms with Gasteiger partial charge in [-0.05, 0) is 12.5 Å². The monoisotopic (exact) mass is 241 g/mol. The number of benzene rings is 1. The van der Waals surface area contributed by atoms with Crippen LogP contribution in [0.15, 0.2) is 34.3 Å². The summed E-state index contributed by atoms with van der Waals surface area (Å²) < 4.78 is 0. The number of nitrogens with two attached hydrogens (primary N) is 3. The molecule has 0 saturated heterocycles. The first-order valence-corrected chi connectivity index (χ1v) is 4.53. The van der Waals surface area contributed by atoms with Crippen molar-refractivity contribution in [2.45, 2.75) is 13.5 Å². The number of halogens is 1. The summed E-state index contributed by atoms with van der Waals surface area (Å²) in [5, 5.41) is 0. The zero-order valence-electron chi connectivity index (χ0n) is 9.05. The summed E-state index contributed by atoms with van der Waals surface area (Å²) in [5.74, 6) is 0.00994. The van der Waals surface area contributed by atoms with E-state index in [-0.39, 0.29) is 24.3 Å². The highest BCUT2D eigenvalue weighted by Crippen LogP contribution is 2.04. The number of nitrogens with zero attached hydrogens (tertiary/aromatic N) is 2. The molecule has 0 spiro atoms. The van der Waals surface area contributed by atoms with Crippen LogP contribution in [0.1, 0.15) is 11.1 Å². The molecule has 0 aliphatic carbocycles. The second-order valence-corrected chi connectivity index (χ2v) is 3.20. The molecule has 0 fully saturated rings. The quantitative estimate of drug-likeness (QED) is 0.519. The van der Waals surface area contributed by atoms with Crippen LogP contribution in [-0.4, -0.2) is 11.9 Å². The first-order valence-electron chi connectivity index (χ1n) is 4.53. The minimum atomic E-state index is -0.0832. The van der Waals surface area contributed by atoms with E-state index in [1.54, 1.807) is 0 Å². The van der Waals surface area contributed by atoms with E-state index in [2.05, 4.69) is 9.98 Å². The van der Waals surface area contributed by atoms with Crippen LogP contribution < -0.4 is 17.2 Å². The number of hydrogen-bond acceptors (Lipinski definition) is 1. The van der Waals surface area contributed by atoms with Crippen LogP contribution in [0.3, 0.4) is 0 Å². The van der Waals surface area contributed by atoms with E-state index >= 15 is 0 Å². The molecule has 1 aromatic rings. The Kier molecular flexibility index (Phi) is 5.95. The van der Waals surface area contributed by atoms with Crippen LogP contribution in [0.4, 0.5) is 0 Å². The smallest absolute Gasteiger partial charge is 0.218 e. The molecule has 6 N–H and O–H groups in total. The van der Waals surface area contributed by atoms with Gasteiger partial charge in [0.2, 0.25) is 5.96 Å². The molecule has 1 rings (SSSR count). The maximum Gasteiger partial charge on any atom is 0.218 e. The third kappa shape index (κ3) is 5.21. The summed E-state index contributed by atoms with van der Waals surface area (Å²) in [6, 6.07) is 8.01. The molecule has 88 valence electrons. The molecule has 0 amide bonds. The summed E-state index contributed by atoms with van der Waals surface area (Å²) in [5.41, 5.74) is 18.0. The lowest BCUT2D eigenvalue weighted by Crippen LogP contribution is -2.26. The van der Waals surface area contributed by atoms with Gasteiger partial charge in [-0.1, -0.05) is 29.8 Å². The molecular weight excluding hydrogens is 226 g/mol. The Morgan fingerprint density at radius 2 is 1.69 bits per heavy atom. The Morgan fingerprint density at radius 1 is 1.12 bits per heavy atom. The summed E-state index contributed by atoms with van der Waals surface area (Å²) in [7, 11) is 0. The van der Waals surface area contributed by atoms with Crippen molar-refractivity contribution >= 4 is 24.3 Å². The van der Waals surface area contributed by atoms with Gasteiger partial charge in [0.15, 0.2) is 5.96 Å². The molecule has 0 radical (unpaired) electrons. The van der Waals surface area contributed by atoms with Gasteiger partial charge in [0, 0.05) is 0 Å². The number of hydrogen-bond donors (Lipinski definition) is 3. The van der Waals surface area contributed by atoms with Gasteiger partial charge >= 0.3 is 0 Å². The highest BCUT2D eigenvalue weighted by Gasteiger charge is 1.92. The average Bonchev–Trinajstić information content (AvgIpc) is 2.16. The van der Waals surface area contributed by atoms with Crippen molar-refractivity contribution in [3.05, 3.63) is 35.4 Å². The Morgan fingerprint density at radius 3 is 2.19 bits per heavy atom. The van der Waals surface area contributed by atoms with Crippen LogP contribution in [0.25, 0.3) is 0 Å². The van der Waals surface area contributed by atoms with Crippen molar-refractivity contribution < 1.29 is 0 Å². The third-order valence-electron chi connectivity index (χ3n) is 1.79. The Balaban J connectivity index is 0.00000225. The second kappa shape index (κ2) is 6.68. The van der Waals surface area contributed by atoms with E-state index in [0.29, 0.717) is 6.54 Å². The molecule has 16 heavy (non-hydrogen) atoms. The molecule has 5 nitrogen and oxygen atoms in total. The molecule has 0 aliphatic rings. The first kappa shape index (κ1) is 14.2. The highest BCUT2D eigenvalue weighted by molar-refractivity contribution is 5.92. The van der Waals surface area contributed by atoms with Gasteiger partial charge in [-0.25, -0.2) is 4.99 Å². The third-order valence-corrected chi connectivity index (χ3v) is 1.79. The topological polar surface area (TPSA) is 103 Å². The Hall–Kier alpha value is -1.75. The highest BCUT2D eigenvalue weighted by atomic mass is 35.5.